The summed E-state index contributed by atoms with van der Waals surface area (Å²) in [6, 6.07) is 17.1. The van der Waals surface area contributed by atoms with Crippen molar-refractivity contribution in [2.75, 3.05) is 6.54 Å². The van der Waals surface area contributed by atoms with Crippen molar-refractivity contribution in [2.45, 2.75) is 32.7 Å². The maximum absolute atomic E-state index is 12.1. The molecule has 2 N–H and O–H groups in total. The van der Waals surface area contributed by atoms with E-state index >= 15 is 0 Å². The molecule has 0 bridgehead atoms. The molecule has 126 valence electrons. The van der Waals surface area contributed by atoms with Crippen LogP contribution < -0.4 is 10.6 Å². The molecule has 0 aliphatic carbocycles. The molecule has 0 saturated heterocycles. The topological polar surface area (TPSA) is 58.2 Å². The molecule has 2 aromatic carbocycles. The van der Waals surface area contributed by atoms with Gasteiger partial charge in [-0.15, -0.1) is 0 Å². The lowest BCUT2D eigenvalue weighted by molar-refractivity contribution is -0.120. The monoisotopic (exact) mass is 324 g/mol. The first-order valence-corrected chi connectivity index (χ1v) is 8.05. The van der Waals surface area contributed by atoms with E-state index < -0.39 is 0 Å². The zero-order chi connectivity index (χ0) is 17.6. The maximum atomic E-state index is 12.1. The van der Waals surface area contributed by atoms with Crippen molar-refractivity contribution in [3.05, 3.63) is 71.3 Å². The highest BCUT2D eigenvalue weighted by atomic mass is 16.2. The fourth-order valence-electron chi connectivity index (χ4n) is 2.24. The molecule has 4 nitrogen and oxygen atoms in total. The lowest BCUT2D eigenvalue weighted by Crippen LogP contribution is -2.36. The molecule has 2 aromatic rings. The lowest BCUT2D eigenvalue weighted by atomic mass is 9.87. The van der Waals surface area contributed by atoms with Crippen molar-refractivity contribution in [1.82, 2.24) is 10.6 Å². The second-order valence-corrected chi connectivity index (χ2v) is 6.77. The van der Waals surface area contributed by atoms with Crippen LogP contribution in [0.5, 0.6) is 0 Å². The van der Waals surface area contributed by atoms with E-state index in [1.54, 1.807) is 12.1 Å². The summed E-state index contributed by atoms with van der Waals surface area (Å²) in [5, 5.41) is 5.42. The summed E-state index contributed by atoms with van der Waals surface area (Å²) >= 11 is 0. The average molecular weight is 324 g/mol. The van der Waals surface area contributed by atoms with Crippen LogP contribution in [0.1, 0.15) is 42.3 Å². The van der Waals surface area contributed by atoms with E-state index in [2.05, 4.69) is 31.4 Å². The summed E-state index contributed by atoms with van der Waals surface area (Å²) in [7, 11) is 0. The third-order valence-corrected chi connectivity index (χ3v) is 3.76. The van der Waals surface area contributed by atoms with Crippen LogP contribution in [-0.4, -0.2) is 18.4 Å². The van der Waals surface area contributed by atoms with Gasteiger partial charge in [0.25, 0.3) is 5.91 Å². The van der Waals surface area contributed by atoms with Crippen LogP contribution in [0.15, 0.2) is 54.6 Å². The number of amides is 2. The molecule has 0 spiro atoms. The van der Waals surface area contributed by atoms with Gasteiger partial charge in [0.1, 0.15) is 0 Å². The Hall–Kier alpha value is -2.62. The van der Waals surface area contributed by atoms with Crippen LogP contribution in [0.2, 0.25) is 0 Å². The fourth-order valence-corrected chi connectivity index (χ4v) is 2.24. The number of carbonyl (C=O) groups excluding carboxylic acids is 2. The average Bonchev–Trinajstić information content (AvgIpc) is 2.58. The van der Waals surface area contributed by atoms with Crippen molar-refractivity contribution in [3.63, 3.8) is 0 Å². The highest BCUT2D eigenvalue weighted by Gasteiger charge is 2.14. The van der Waals surface area contributed by atoms with E-state index in [0.29, 0.717) is 12.1 Å². The van der Waals surface area contributed by atoms with Crippen molar-refractivity contribution < 1.29 is 9.59 Å². The Bertz CT molecular complexity index is 686. The summed E-state index contributed by atoms with van der Waals surface area (Å²) in [6.07, 6.45) is 0. The van der Waals surface area contributed by atoms with Crippen LogP contribution in [0.3, 0.4) is 0 Å². The van der Waals surface area contributed by atoms with Crippen molar-refractivity contribution in [1.29, 1.82) is 0 Å². The third-order valence-electron chi connectivity index (χ3n) is 3.76. The van der Waals surface area contributed by atoms with Crippen molar-refractivity contribution in [2.24, 2.45) is 0 Å². The minimum absolute atomic E-state index is 0.0350. The van der Waals surface area contributed by atoms with E-state index in [1.165, 1.54) is 5.56 Å². The van der Waals surface area contributed by atoms with E-state index in [9.17, 15) is 9.59 Å². The molecule has 0 unspecified atom stereocenters. The Morgan fingerprint density at radius 3 is 2.08 bits per heavy atom. The van der Waals surface area contributed by atoms with Gasteiger partial charge < -0.3 is 10.6 Å². The summed E-state index contributed by atoms with van der Waals surface area (Å²) in [6.45, 7) is 6.79. The molecule has 0 saturated carbocycles. The van der Waals surface area contributed by atoms with Gasteiger partial charge in [0.2, 0.25) is 5.91 Å². The van der Waals surface area contributed by atoms with Gasteiger partial charge in [0, 0.05) is 12.1 Å². The van der Waals surface area contributed by atoms with Crippen LogP contribution in [0.4, 0.5) is 0 Å². The number of hydrogen-bond acceptors (Lipinski definition) is 2. The molecule has 2 rings (SSSR count). The molecular formula is C20H24N2O2. The highest BCUT2D eigenvalue weighted by molar-refractivity contribution is 5.96. The zero-order valence-corrected chi connectivity index (χ0v) is 14.4. The molecule has 24 heavy (non-hydrogen) atoms. The summed E-state index contributed by atoms with van der Waals surface area (Å²) in [5.41, 5.74) is 2.79. The predicted molar refractivity (Wildman–Crippen MR) is 95.8 cm³/mol. The van der Waals surface area contributed by atoms with E-state index in [4.69, 9.17) is 0 Å². The normalized spacial score (nSPS) is 11.0. The van der Waals surface area contributed by atoms with Gasteiger partial charge in [0.05, 0.1) is 6.54 Å². The minimum Gasteiger partial charge on any atom is -0.350 e. The van der Waals surface area contributed by atoms with Crippen LogP contribution in [-0.2, 0) is 16.8 Å². The second-order valence-electron chi connectivity index (χ2n) is 6.77. The molecule has 0 aliphatic rings. The first-order valence-electron chi connectivity index (χ1n) is 8.05. The Labute approximate surface area is 143 Å². The summed E-state index contributed by atoms with van der Waals surface area (Å²) in [4.78, 5) is 23.9. The van der Waals surface area contributed by atoms with Crippen LogP contribution in [0, 0.1) is 0 Å². The third kappa shape index (κ3) is 5.23. The second kappa shape index (κ2) is 7.77. The number of hydrogen-bond donors (Lipinski definition) is 2. The molecular weight excluding hydrogens is 300 g/mol. The Balaban J connectivity index is 1.81. The molecule has 0 aliphatic heterocycles. The number of nitrogens with one attached hydrogen (secondary N) is 2. The van der Waals surface area contributed by atoms with Gasteiger partial charge in [0.15, 0.2) is 0 Å². The van der Waals surface area contributed by atoms with E-state index in [-0.39, 0.29) is 23.8 Å². The van der Waals surface area contributed by atoms with Gasteiger partial charge in [-0.25, -0.2) is 0 Å². The van der Waals surface area contributed by atoms with E-state index in [0.717, 1.165) is 5.56 Å². The Morgan fingerprint density at radius 1 is 0.875 bits per heavy atom. The lowest BCUT2D eigenvalue weighted by Gasteiger charge is -2.19. The maximum Gasteiger partial charge on any atom is 0.251 e. The van der Waals surface area contributed by atoms with Gasteiger partial charge in [-0.2, -0.15) is 0 Å². The molecule has 2 amide bonds. The molecule has 0 aromatic heterocycles. The van der Waals surface area contributed by atoms with E-state index in [1.807, 2.05) is 42.5 Å². The Kier molecular flexibility index (Phi) is 5.74. The zero-order valence-electron chi connectivity index (χ0n) is 14.4. The first kappa shape index (κ1) is 17.7. The molecule has 4 heteroatoms. The number of rotatable bonds is 5. The van der Waals surface area contributed by atoms with Gasteiger partial charge >= 0.3 is 0 Å². The largest absolute Gasteiger partial charge is 0.350 e. The predicted octanol–water partition coefficient (Wildman–Crippen LogP) is 3.03. The van der Waals surface area contributed by atoms with Gasteiger partial charge in [-0.1, -0.05) is 63.2 Å². The first-order chi connectivity index (χ1) is 11.4. The van der Waals surface area contributed by atoms with Crippen molar-refractivity contribution in [3.8, 4) is 0 Å². The standard InChI is InChI=1S/C20H24N2O2/c1-20(2,3)17-11-9-16(10-12-17)19(24)22-14-18(23)21-13-15-7-5-4-6-8-15/h4-12H,13-14H2,1-3H3,(H,21,23)(H,22,24). The molecule has 0 radical (unpaired) electrons. The summed E-state index contributed by atoms with van der Waals surface area (Å²) < 4.78 is 0. The molecule has 0 fully saturated rings. The smallest absolute Gasteiger partial charge is 0.251 e. The van der Waals surface area contributed by atoms with Crippen LogP contribution >= 0.6 is 0 Å². The SMILES string of the molecule is CC(C)(C)c1ccc(C(=O)NCC(=O)NCc2ccccc2)cc1. The summed E-state index contributed by atoms with van der Waals surface area (Å²) in [5.74, 6) is -0.455. The number of carbonyl (C=O) groups is 2. The molecule has 0 heterocycles. The number of benzene rings is 2. The van der Waals surface area contributed by atoms with Gasteiger partial charge in [-0.3, -0.25) is 9.59 Å². The van der Waals surface area contributed by atoms with Gasteiger partial charge in [-0.05, 0) is 28.7 Å². The minimum atomic E-state index is -0.245. The quantitative estimate of drug-likeness (QED) is 0.888. The fraction of sp³-hybridized carbons (Fsp3) is 0.300. The Morgan fingerprint density at radius 2 is 1.50 bits per heavy atom. The van der Waals surface area contributed by atoms with Crippen molar-refractivity contribution >= 4 is 11.8 Å². The highest BCUT2D eigenvalue weighted by Crippen LogP contribution is 2.22. The van der Waals surface area contributed by atoms with Crippen LogP contribution in [0.25, 0.3) is 0 Å². The molecule has 0 atom stereocenters.